The number of oxazole rings is 1. The van der Waals surface area contributed by atoms with Crippen molar-refractivity contribution in [2.24, 2.45) is 11.7 Å². The highest BCUT2D eigenvalue weighted by Gasteiger charge is 2.24. The van der Waals surface area contributed by atoms with Crippen LogP contribution in [0.15, 0.2) is 28.8 Å². The number of nitrogens with zero attached hydrogens (tertiary/aromatic N) is 2. The van der Waals surface area contributed by atoms with E-state index in [2.05, 4.69) is 4.98 Å². The first-order valence-electron chi connectivity index (χ1n) is 8.87. The average Bonchev–Trinajstić information content (AvgIpc) is 3.08. The van der Waals surface area contributed by atoms with Crippen LogP contribution in [0.4, 0.5) is 0 Å². The number of nitrogens with two attached hydrogens (primary N) is 1. The minimum absolute atomic E-state index is 0. The number of carbonyl (C=O) groups is 1. The Kier molecular flexibility index (Phi) is 10.1. The smallest absolute Gasteiger partial charge is 0.223 e. The molecule has 28 heavy (non-hydrogen) atoms. The molecule has 1 amide bonds. The number of carbonyl (C=O) groups excluding carboxylic acids is 1. The molecule has 0 spiro atoms. The van der Waals surface area contributed by atoms with E-state index in [0.717, 1.165) is 31.5 Å². The first-order chi connectivity index (χ1) is 12.4. The van der Waals surface area contributed by atoms with Crippen LogP contribution >= 0.6 is 48.0 Å². The number of hydrogen-bond acceptors (Lipinski definition) is 4. The van der Waals surface area contributed by atoms with Gasteiger partial charge in [-0.3, -0.25) is 4.79 Å². The van der Waals surface area contributed by atoms with Gasteiger partial charge >= 0.3 is 0 Å². The summed E-state index contributed by atoms with van der Waals surface area (Å²) >= 11 is 12.1. The van der Waals surface area contributed by atoms with E-state index < -0.39 is 0 Å². The highest BCUT2D eigenvalue weighted by atomic mass is 35.5. The third-order valence-electron chi connectivity index (χ3n) is 4.94. The summed E-state index contributed by atoms with van der Waals surface area (Å²) in [6, 6.07) is 5.40. The fourth-order valence-electron chi connectivity index (χ4n) is 3.29. The number of halogens is 4. The Balaban J connectivity index is 0.00000196. The van der Waals surface area contributed by atoms with Crippen molar-refractivity contribution >= 4 is 53.9 Å². The molecular formula is C19H25Cl4N3O2. The fraction of sp³-hybridized carbons (Fsp3) is 0.474. The van der Waals surface area contributed by atoms with Crippen LogP contribution in [-0.2, 0) is 11.2 Å². The van der Waals surface area contributed by atoms with Crippen LogP contribution in [0, 0.1) is 5.92 Å². The number of hydrogen-bond donors (Lipinski definition) is 1. The Morgan fingerprint density at radius 2 is 2.00 bits per heavy atom. The Hall–Kier alpha value is -0.980. The molecule has 1 unspecified atom stereocenters. The zero-order chi connectivity index (χ0) is 18.7. The van der Waals surface area contributed by atoms with Crippen molar-refractivity contribution in [3.63, 3.8) is 0 Å². The molecule has 1 aromatic heterocycles. The average molecular weight is 469 g/mol. The maximum absolute atomic E-state index is 12.4. The van der Waals surface area contributed by atoms with E-state index in [1.165, 1.54) is 0 Å². The monoisotopic (exact) mass is 467 g/mol. The van der Waals surface area contributed by atoms with E-state index in [1.54, 1.807) is 24.4 Å². The number of rotatable bonds is 5. The summed E-state index contributed by atoms with van der Waals surface area (Å²) in [4.78, 5) is 18.6. The van der Waals surface area contributed by atoms with Crippen molar-refractivity contribution < 1.29 is 9.21 Å². The van der Waals surface area contributed by atoms with E-state index in [0.29, 0.717) is 40.5 Å². The van der Waals surface area contributed by atoms with E-state index in [9.17, 15) is 4.79 Å². The molecular weight excluding hydrogens is 444 g/mol. The van der Waals surface area contributed by atoms with Crippen LogP contribution in [-0.4, -0.2) is 34.9 Å². The van der Waals surface area contributed by atoms with Gasteiger partial charge in [0.25, 0.3) is 0 Å². The summed E-state index contributed by atoms with van der Waals surface area (Å²) in [6.07, 6.45) is 4.43. The molecule has 0 aliphatic carbocycles. The third-order valence-corrected chi connectivity index (χ3v) is 5.49. The Morgan fingerprint density at radius 1 is 1.32 bits per heavy atom. The highest BCUT2D eigenvalue weighted by Crippen LogP contribution is 2.31. The van der Waals surface area contributed by atoms with Gasteiger partial charge in [-0.1, -0.05) is 23.2 Å². The van der Waals surface area contributed by atoms with Crippen molar-refractivity contribution in [3.8, 4) is 11.3 Å². The van der Waals surface area contributed by atoms with Crippen molar-refractivity contribution in [2.75, 3.05) is 13.1 Å². The van der Waals surface area contributed by atoms with Crippen molar-refractivity contribution in [1.29, 1.82) is 0 Å². The number of likely N-dealkylation sites (tertiary alicyclic amines) is 1. The third kappa shape index (κ3) is 6.26. The molecule has 9 heteroatoms. The fourth-order valence-corrected chi connectivity index (χ4v) is 3.79. The summed E-state index contributed by atoms with van der Waals surface area (Å²) < 4.78 is 5.75. The first-order valence-corrected chi connectivity index (χ1v) is 9.63. The second-order valence-electron chi connectivity index (χ2n) is 6.82. The maximum Gasteiger partial charge on any atom is 0.223 e. The zero-order valence-corrected chi connectivity index (χ0v) is 18.7. The Bertz CT molecular complexity index is 774. The molecule has 0 saturated carbocycles. The van der Waals surface area contributed by atoms with Gasteiger partial charge in [0.1, 0.15) is 0 Å². The van der Waals surface area contributed by atoms with Gasteiger partial charge in [-0.25, -0.2) is 4.98 Å². The summed E-state index contributed by atoms with van der Waals surface area (Å²) in [6.45, 7) is 3.60. The van der Waals surface area contributed by atoms with Crippen LogP contribution in [0.25, 0.3) is 11.3 Å². The minimum Gasteiger partial charge on any atom is -0.441 e. The maximum atomic E-state index is 12.4. The number of aromatic nitrogens is 1. The number of amides is 1. The van der Waals surface area contributed by atoms with E-state index in [4.69, 9.17) is 33.4 Å². The summed E-state index contributed by atoms with van der Waals surface area (Å²) in [7, 11) is 0. The van der Waals surface area contributed by atoms with Gasteiger partial charge in [-0.05, 0) is 43.9 Å². The van der Waals surface area contributed by atoms with Gasteiger partial charge in [0.05, 0.1) is 11.2 Å². The Morgan fingerprint density at radius 3 is 2.61 bits per heavy atom. The van der Waals surface area contributed by atoms with Gasteiger partial charge in [0.15, 0.2) is 11.7 Å². The van der Waals surface area contributed by atoms with Crippen molar-refractivity contribution in [3.05, 3.63) is 40.3 Å². The molecule has 1 aliphatic rings. The standard InChI is InChI=1S/C19H23Cl2N3O2.2ClH/c1-12(22)13-6-8-24(9-7-13)19(25)5-4-18-23-11-17(26-18)15-3-2-14(20)10-16(15)21;;/h2-3,10-13H,4-9,22H2,1H3;2*1H. The number of benzene rings is 1. The molecule has 1 atom stereocenters. The molecule has 1 saturated heterocycles. The molecule has 1 fully saturated rings. The lowest BCUT2D eigenvalue weighted by atomic mass is 9.91. The van der Waals surface area contributed by atoms with Gasteiger partial charge in [0.2, 0.25) is 5.91 Å². The molecule has 2 aromatic rings. The summed E-state index contributed by atoms with van der Waals surface area (Å²) in [5.41, 5.74) is 6.69. The lowest BCUT2D eigenvalue weighted by Crippen LogP contribution is -2.42. The predicted octanol–water partition coefficient (Wildman–Crippen LogP) is 5.01. The quantitative estimate of drug-likeness (QED) is 0.669. The second kappa shape index (κ2) is 11.3. The predicted molar refractivity (Wildman–Crippen MR) is 118 cm³/mol. The first kappa shape index (κ1) is 25.1. The molecule has 2 N–H and O–H groups in total. The normalized spacial score (nSPS) is 15.5. The number of aryl methyl sites for hydroxylation is 1. The van der Waals surface area contributed by atoms with Gasteiger partial charge in [-0.15, -0.1) is 24.8 Å². The SMILES string of the molecule is CC(N)C1CCN(C(=O)CCc2ncc(-c3ccc(Cl)cc3Cl)o2)CC1.Cl.Cl. The topological polar surface area (TPSA) is 72.4 Å². The van der Waals surface area contributed by atoms with Crippen LogP contribution in [0.1, 0.15) is 32.1 Å². The van der Waals surface area contributed by atoms with Gasteiger partial charge in [0, 0.05) is 42.6 Å². The van der Waals surface area contributed by atoms with Crippen molar-refractivity contribution in [2.45, 2.75) is 38.6 Å². The van der Waals surface area contributed by atoms with Crippen LogP contribution in [0.2, 0.25) is 10.0 Å². The van der Waals surface area contributed by atoms with E-state index >= 15 is 0 Å². The van der Waals surface area contributed by atoms with Gasteiger partial charge < -0.3 is 15.1 Å². The summed E-state index contributed by atoms with van der Waals surface area (Å²) in [5, 5.41) is 1.07. The lowest BCUT2D eigenvalue weighted by molar-refractivity contribution is -0.132. The largest absolute Gasteiger partial charge is 0.441 e. The molecule has 1 aliphatic heterocycles. The lowest BCUT2D eigenvalue weighted by Gasteiger charge is -2.33. The van der Waals surface area contributed by atoms with Crippen LogP contribution in [0.5, 0.6) is 0 Å². The van der Waals surface area contributed by atoms with Crippen LogP contribution in [0.3, 0.4) is 0 Å². The molecule has 5 nitrogen and oxygen atoms in total. The number of piperidine rings is 1. The molecule has 1 aromatic carbocycles. The van der Waals surface area contributed by atoms with Crippen molar-refractivity contribution in [1.82, 2.24) is 9.88 Å². The van der Waals surface area contributed by atoms with E-state index in [1.807, 2.05) is 11.8 Å². The van der Waals surface area contributed by atoms with Gasteiger partial charge in [-0.2, -0.15) is 0 Å². The van der Waals surface area contributed by atoms with E-state index in [-0.39, 0.29) is 36.8 Å². The molecule has 0 radical (unpaired) electrons. The minimum atomic E-state index is 0. The molecule has 0 bridgehead atoms. The molecule has 3 rings (SSSR count). The molecule has 2 heterocycles. The second-order valence-corrected chi connectivity index (χ2v) is 7.66. The highest BCUT2D eigenvalue weighted by molar-refractivity contribution is 6.36. The molecule has 156 valence electrons. The van der Waals surface area contributed by atoms with Crippen LogP contribution < -0.4 is 5.73 Å². The summed E-state index contributed by atoms with van der Waals surface area (Å²) in [5.74, 6) is 1.76. The Labute approximate surface area is 187 Å². The zero-order valence-electron chi connectivity index (χ0n) is 15.6.